The van der Waals surface area contributed by atoms with Gasteiger partial charge in [-0.25, -0.2) is 0 Å². The van der Waals surface area contributed by atoms with E-state index in [1.54, 1.807) is 6.92 Å². The largest absolute Gasteiger partial charge is 0.398 e. The fourth-order valence-corrected chi connectivity index (χ4v) is 3.12. The molecular formula is C16H14F3NO5S. The van der Waals surface area contributed by atoms with Gasteiger partial charge in [-0.3, -0.25) is 14.3 Å². The van der Waals surface area contributed by atoms with E-state index in [0.717, 1.165) is 29.8 Å². The molecular weight excluding hydrogens is 375 g/mol. The first-order chi connectivity index (χ1) is 12.0. The fraction of sp³-hybridized carbons (Fsp3) is 0.250. The van der Waals surface area contributed by atoms with Crippen LogP contribution in [-0.2, 0) is 14.3 Å². The first kappa shape index (κ1) is 19.9. The van der Waals surface area contributed by atoms with E-state index in [2.05, 4.69) is 4.18 Å². The maximum absolute atomic E-state index is 13.3. The quantitative estimate of drug-likeness (QED) is 0.424. The van der Waals surface area contributed by atoms with Crippen LogP contribution in [0.4, 0.5) is 18.9 Å². The summed E-state index contributed by atoms with van der Waals surface area (Å²) in [4.78, 5) is 9.31. The van der Waals surface area contributed by atoms with Gasteiger partial charge in [-0.2, -0.15) is 21.6 Å². The monoisotopic (exact) mass is 389 g/mol. The summed E-state index contributed by atoms with van der Waals surface area (Å²) in [6, 6.07) is 9.35. The number of nitro benzene ring substituents is 1. The van der Waals surface area contributed by atoms with Crippen molar-refractivity contribution in [3.05, 3.63) is 69.8 Å². The Bertz CT molecular complexity index is 895. The molecule has 6 nitrogen and oxygen atoms in total. The molecule has 2 rings (SSSR count). The highest BCUT2D eigenvalue weighted by Gasteiger charge is 2.42. The van der Waals surface area contributed by atoms with Crippen LogP contribution in [-0.4, -0.2) is 26.1 Å². The molecule has 2 aromatic rings. The third-order valence-electron chi connectivity index (χ3n) is 3.58. The highest BCUT2D eigenvalue weighted by Crippen LogP contribution is 2.36. The second-order valence-corrected chi connectivity index (χ2v) is 7.11. The summed E-state index contributed by atoms with van der Waals surface area (Å²) in [7, 11) is -4.59. The van der Waals surface area contributed by atoms with E-state index in [4.69, 9.17) is 0 Å². The maximum atomic E-state index is 13.3. The highest BCUT2D eigenvalue weighted by molar-refractivity contribution is 7.86. The Labute approximate surface area is 147 Å². The molecule has 0 aliphatic carbocycles. The number of alkyl halides is 3. The summed E-state index contributed by atoms with van der Waals surface area (Å²) in [5.74, 6) is -2.16. The van der Waals surface area contributed by atoms with Gasteiger partial charge in [-0.05, 0) is 18.6 Å². The number of hydrogen-bond donors (Lipinski definition) is 0. The van der Waals surface area contributed by atoms with Gasteiger partial charge in [0.25, 0.3) is 15.8 Å². The lowest BCUT2D eigenvalue weighted by Gasteiger charge is -2.20. The molecule has 0 aliphatic rings. The highest BCUT2D eigenvalue weighted by atomic mass is 32.2. The number of aryl methyl sites for hydroxylation is 1. The molecule has 0 saturated heterocycles. The van der Waals surface area contributed by atoms with Gasteiger partial charge in [-0.1, -0.05) is 35.9 Å². The van der Waals surface area contributed by atoms with Crippen LogP contribution in [0.5, 0.6) is 0 Å². The first-order valence-corrected chi connectivity index (χ1v) is 8.69. The minimum Gasteiger partial charge on any atom is -0.265 e. The third-order valence-corrected chi connectivity index (χ3v) is 4.86. The minimum atomic E-state index is -4.73. The van der Waals surface area contributed by atoms with E-state index in [1.807, 2.05) is 0 Å². The molecule has 0 radical (unpaired) electrons. The van der Waals surface area contributed by atoms with Gasteiger partial charge in [0.2, 0.25) is 0 Å². The molecule has 1 atom stereocenters. The number of hydrogen-bond acceptors (Lipinski definition) is 5. The molecule has 140 valence electrons. The van der Waals surface area contributed by atoms with Crippen LogP contribution in [0.3, 0.4) is 0 Å². The zero-order valence-electron chi connectivity index (χ0n) is 13.4. The molecule has 0 bridgehead atoms. The molecule has 0 saturated carbocycles. The Hall–Kier alpha value is -2.46. The van der Waals surface area contributed by atoms with E-state index in [-0.39, 0.29) is 5.56 Å². The molecule has 0 spiro atoms. The number of nitrogens with zero attached hydrogens (tertiary/aromatic N) is 1. The predicted octanol–water partition coefficient (Wildman–Crippen LogP) is 3.95. The van der Waals surface area contributed by atoms with Crippen LogP contribution >= 0.6 is 0 Å². The smallest absolute Gasteiger partial charge is 0.265 e. The minimum absolute atomic E-state index is 0.141. The van der Waals surface area contributed by atoms with Crippen molar-refractivity contribution in [3.63, 3.8) is 0 Å². The van der Waals surface area contributed by atoms with Crippen molar-refractivity contribution in [1.29, 1.82) is 0 Å². The Balaban J connectivity index is 2.26. The molecule has 26 heavy (non-hydrogen) atoms. The number of benzene rings is 2. The third kappa shape index (κ3) is 4.79. The normalized spacial score (nSPS) is 13.4. The van der Waals surface area contributed by atoms with Crippen LogP contribution in [0.2, 0.25) is 0 Å². The van der Waals surface area contributed by atoms with Gasteiger partial charge < -0.3 is 0 Å². The van der Waals surface area contributed by atoms with Gasteiger partial charge in [0.15, 0.2) is 0 Å². The molecule has 0 amide bonds. The van der Waals surface area contributed by atoms with Gasteiger partial charge in [0.1, 0.15) is 10.8 Å². The second-order valence-electron chi connectivity index (χ2n) is 5.50. The molecule has 2 aromatic carbocycles. The number of rotatable bonds is 6. The van der Waals surface area contributed by atoms with E-state index in [9.17, 15) is 31.7 Å². The van der Waals surface area contributed by atoms with Crippen molar-refractivity contribution in [2.75, 3.05) is 6.61 Å². The van der Waals surface area contributed by atoms with E-state index in [0.29, 0.717) is 0 Å². The van der Waals surface area contributed by atoms with Crippen LogP contribution < -0.4 is 0 Å². The Morgan fingerprint density at radius 2 is 1.77 bits per heavy atom. The summed E-state index contributed by atoms with van der Waals surface area (Å²) in [6.45, 7) is 0.535. The summed E-state index contributed by atoms with van der Waals surface area (Å²) in [5.41, 5.74) is 0.0951. The molecule has 0 heterocycles. The topological polar surface area (TPSA) is 86.5 Å². The van der Waals surface area contributed by atoms with Crippen molar-refractivity contribution >= 4 is 15.8 Å². The maximum Gasteiger partial charge on any atom is 0.398 e. The van der Waals surface area contributed by atoms with Gasteiger partial charge in [0, 0.05) is 12.1 Å². The van der Waals surface area contributed by atoms with Gasteiger partial charge in [-0.15, -0.1) is 0 Å². The van der Waals surface area contributed by atoms with Crippen molar-refractivity contribution in [3.8, 4) is 0 Å². The Morgan fingerprint density at radius 3 is 2.31 bits per heavy atom. The van der Waals surface area contributed by atoms with E-state index < -0.39 is 44.3 Å². The van der Waals surface area contributed by atoms with Crippen LogP contribution in [0.1, 0.15) is 17.0 Å². The number of nitro groups is 1. The van der Waals surface area contributed by atoms with E-state index >= 15 is 0 Å². The molecule has 0 aliphatic heterocycles. The number of non-ortho nitro benzene ring substituents is 1. The van der Waals surface area contributed by atoms with Crippen LogP contribution in [0.15, 0.2) is 53.4 Å². The summed E-state index contributed by atoms with van der Waals surface area (Å²) in [5, 5.41) is 10.7. The lowest BCUT2D eigenvalue weighted by Crippen LogP contribution is -2.26. The van der Waals surface area contributed by atoms with Crippen LogP contribution in [0.25, 0.3) is 0 Å². The standard InChI is InChI=1S/C16H14F3NO5S/c1-11-5-7-12(8-6-11)15(16(17,18)19)10-25-26(23,24)14-4-2-3-13(9-14)20(21)22/h2-9,15H,10H2,1H3. The molecule has 10 heteroatoms. The Kier molecular flexibility index (Phi) is 5.67. The van der Waals surface area contributed by atoms with Gasteiger partial charge >= 0.3 is 6.18 Å². The average molecular weight is 389 g/mol. The lowest BCUT2D eigenvalue weighted by molar-refractivity contribution is -0.385. The van der Waals surface area contributed by atoms with Crippen molar-refractivity contribution in [2.45, 2.75) is 23.9 Å². The van der Waals surface area contributed by atoms with Crippen LogP contribution in [0, 0.1) is 17.0 Å². The predicted molar refractivity (Wildman–Crippen MR) is 86.2 cm³/mol. The number of halogens is 3. The molecule has 0 N–H and O–H groups in total. The van der Waals surface area contributed by atoms with Crippen molar-refractivity contribution in [2.24, 2.45) is 0 Å². The summed E-state index contributed by atoms with van der Waals surface area (Å²) in [6.07, 6.45) is -4.73. The SMILES string of the molecule is Cc1ccc(C(COS(=O)(=O)c2cccc([N+](=O)[O-])c2)C(F)(F)F)cc1. The first-order valence-electron chi connectivity index (χ1n) is 7.28. The van der Waals surface area contributed by atoms with E-state index in [1.165, 1.54) is 24.3 Å². The summed E-state index contributed by atoms with van der Waals surface area (Å²) < 4.78 is 68.6. The van der Waals surface area contributed by atoms with Crippen molar-refractivity contribution < 1.29 is 30.7 Å². The molecule has 1 unspecified atom stereocenters. The zero-order valence-corrected chi connectivity index (χ0v) is 14.3. The van der Waals surface area contributed by atoms with Gasteiger partial charge in [0.05, 0.1) is 11.5 Å². The summed E-state index contributed by atoms with van der Waals surface area (Å²) >= 11 is 0. The van der Waals surface area contributed by atoms with Crippen molar-refractivity contribution in [1.82, 2.24) is 0 Å². The molecule has 0 aromatic heterocycles. The molecule has 0 fully saturated rings. The second kappa shape index (κ2) is 7.42. The fourth-order valence-electron chi connectivity index (χ4n) is 2.16. The average Bonchev–Trinajstić information content (AvgIpc) is 2.55. The Morgan fingerprint density at radius 1 is 1.15 bits per heavy atom. The lowest BCUT2D eigenvalue weighted by atomic mass is 9.98. The zero-order chi connectivity index (χ0) is 19.5.